The number of hydrogen-bond acceptors (Lipinski definition) is 4. The highest BCUT2D eigenvalue weighted by Gasteiger charge is 2.21. The van der Waals surface area contributed by atoms with Crippen LogP contribution in [0.3, 0.4) is 0 Å². The van der Waals surface area contributed by atoms with E-state index in [4.69, 9.17) is 5.11 Å². The molecule has 1 saturated heterocycles. The third kappa shape index (κ3) is 3.78. The lowest BCUT2D eigenvalue weighted by Crippen LogP contribution is -2.28. The van der Waals surface area contributed by atoms with Gasteiger partial charge in [-0.2, -0.15) is 0 Å². The van der Waals surface area contributed by atoms with Crippen molar-refractivity contribution in [3.05, 3.63) is 0 Å². The molecule has 1 aliphatic rings. The molecule has 1 aliphatic heterocycles. The number of carbonyl (C=O) groups is 2. The summed E-state index contributed by atoms with van der Waals surface area (Å²) in [5, 5.41) is 11.5. The summed E-state index contributed by atoms with van der Waals surface area (Å²) >= 11 is 1.12. The molecule has 0 aliphatic carbocycles. The second-order valence-corrected chi connectivity index (χ2v) is 4.06. The molecule has 0 aromatic rings. The molecular formula is C8H13NO3S. The Kier molecular flexibility index (Phi) is 4.24. The Morgan fingerprint density at radius 2 is 2.31 bits per heavy atom. The van der Waals surface area contributed by atoms with Gasteiger partial charge < -0.3 is 10.4 Å². The van der Waals surface area contributed by atoms with E-state index in [0.29, 0.717) is 5.75 Å². The molecule has 1 unspecified atom stereocenters. The van der Waals surface area contributed by atoms with Gasteiger partial charge in [0.1, 0.15) is 0 Å². The number of carboxylic acid groups (broad SMARTS) is 1. The molecule has 0 saturated carbocycles. The molecular weight excluding hydrogens is 190 g/mol. The lowest BCUT2D eigenvalue weighted by Gasteiger charge is -2.06. The van der Waals surface area contributed by atoms with Crippen molar-refractivity contribution < 1.29 is 14.7 Å². The highest BCUT2D eigenvalue weighted by Crippen LogP contribution is 2.14. The quantitative estimate of drug-likeness (QED) is 0.695. The summed E-state index contributed by atoms with van der Waals surface area (Å²) in [5.41, 5.74) is 0. The Morgan fingerprint density at radius 3 is 2.85 bits per heavy atom. The Balaban J connectivity index is 2.13. The van der Waals surface area contributed by atoms with Crippen molar-refractivity contribution in [1.82, 2.24) is 5.32 Å². The van der Waals surface area contributed by atoms with Gasteiger partial charge in [-0.25, -0.2) is 0 Å². The first-order valence-electron chi connectivity index (χ1n) is 4.32. The molecule has 1 atom stereocenters. The maximum atomic E-state index is 11.3. The Hall–Kier alpha value is -0.550. The van der Waals surface area contributed by atoms with Crippen molar-refractivity contribution in [3.8, 4) is 0 Å². The van der Waals surface area contributed by atoms with Crippen molar-refractivity contribution in [2.75, 3.05) is 12.3 Å². The monoisotopic (exact) mass is 203 g/mol. The summed E-state index contributed by atoms with van der Waals surface area (Å²) in [6.45, 7) is 0.899. The van der Waals surface area contributed by atoms with Crippen LogP contribution in [0.2, 0.25) is 0 Å². The van der Waals surface area contributed by atoms with Gasteiger partial charge >= 0.3 is 5.97 Å². The van der Waals surface area contributed by atoms with E-state index in [1.165, 1.54) is 0 Å². The first-order chi connectivity index (χ1) is 6.20. The number of carboxylic acids is 1. The lowest BCUT2D eigenvalue weighted by molar-refractivity contribution is -0.136. The minimum absolute atomic E-state index is 0.0428. The molecule has 2 N–H and O–H groups in total. The molecule has 5 heteroatoms. The van der Waals surface area contributed by atoms with E-state index in [-0.39, 0.29) is 17.6 Å². The molecule has 0 radical (unpaired) electrons. The summed E-state index contributed by atoms with van der Waals surface area (Å²) in [6.07, 6.45) is 1.98. The fourth-order valence-electron chi connectivity index (χ4n) is 1.23. The summed E-state index contributed by atoms with van der Waals surface area (Å²) in [6, 6.07) is -0.0428. The summed E-state index contributed by atoms with van der Waals surface area (Å²) in [4.78, 5) is 21.5. The van der Waals surface area contributed by atoms with Crippen LogP contribution in [0, 0.1) is 0 Å². The van der Waals surface area contributed by atoms with E-state index in [1.807, 2.05) is 0 Å². The smallest absolute Gasteiger partial charge is 0.304 e. The first kappa shape index (κ1) is 10.5. The number of aliphatic carboxylic acids is 1. The summed E-state index contributed by atoms with van der Waals surface area (Å²) in [5.74, 6) is -0.466. The number of hydrogen-bond donors (Lipinski definition) is 2. The lowest BCUT2D eigenvalue weighted by atomic mass is 10.2. The van der Waals surface area contributed by atoms with Crippen LogP contribution in [-0.2, 0) is 9.59 Å². The maximum Gasteiger partial charge on any atom is 0.304 e. The van der Waals surface area contributed by atoms with Crippen LogP contribution in [0.25, 0.3) is 0 Å². The van der Waals surface area contributed by atoms with Crippen molar-refractivity contribution >= 4 is 22.8 Å². The van der Waals surface area contributed by atoms with Crippen LogP contribution >= 0.6 is 11.8 Å². The third-order valence-electron chi connectivity index (χ3n) is 1.91. The highest BCUT2D eigenvalue weighted by atomic mass is 32.2. The molecule has 13 heavy (non-hydrogen) atoms. The summed E-state index contributed by atoms with van der Waals surface area (Å²) in [7, 11) is 0. The third-order valence-corrected chi connectivity index (χ3v) is 2.88. The highest BCUT2D eigenvalue weighted by molar-refractivity contribution is 8.13. The van der Waals surface area contributed by atoms with Crippen LogP contribution in [0.5, 0.6) is 0 Å². The predicted octanol–water partition coefficient (Wildman–Crippen LogP) is 0.473. The first-order valence-corrected chi connectivity index (χ1v) is 5.30. The molecule has 1 rings (SSSR count). The minimum atomic E-state index is -0.848. The molecule has 4 nitrogen and oxygen atoms in total. The average Bonchev–Trinajstić information content (AvgIpc) is 2.55. The number of nitrogens with one attached hydrogen (secondary N) is 1. The van der Waals surface area contributed by atoms with Crippen molar-refractivity contribution in [2.45, 2.75) is 25.3 Å². The van der Waals surface area contributed by atoms with Crippen LogP contribution in [-0.4, -0.2) is 34.5 Å². The van der Waals surface area contributed by atoms with E-state index in [0.717, 1.165) is 31.1 Å². The van der Waals surface area contributed by atoms with Crippen molar-refractivity contribution in [2.24, 2.45) is 0 Å². The minimum Gasteiger partial charge on any atom is -0.481 e. The summed E-state index contributed by atoms with van der Waals surface area (Å²) < 4.78 is 0. The normalized spacial score (nSPS) is 21.7. The van der Waals surface area contributed by atoms with Crippen LogP contribution < -0.4 is 5.32 Å². The van der Waals surface area contributed by atoms with Gasteiger partial charge in [-0.1, -0.05) is 11.8 Å². The van der Waals surface area contributed by atoms with Crippen molar-refractivity contribution in [3.63, 3.8) is 0 Å². The van der Waals surface area contributed by atoms with Crippen molar-refractivity contribution in [1.29, 1.82) is 0 Å². The molecule has 0 bridgehead atoms. The van der Waals surface area contributed by atoms with Gasteiger partial charge in [0, 0.05) is 5.75 Å². The van der Waals surface area contributed by atoms with Crippen LogP contribution in [0.15, 0.2) is 0 Å². The largest absolute Gasteiger partial charge is 0.481 e. The average molecular weight is 203 g/mol. The topological polar surface area (TPSA) is 66.4 Å². The predicted molar refractivity (Wildman–Crippen MR) is 50.7 cm³/mol. The van der Waals surface area contributed by atoms with Gasteiger partial charge in [0.25, 0.3) is 0 Å². The maximum absolute atomic E-state index is 11.3. The van der Waals surface area contributed by atoms with Gasteiger partial charge in [-0.15, -0.1) is 0 Å². The molecule has 1 fully saturated rings. The van der Waals surface area contributed by atoms with Gasteiger partial charge in [-0.3, -0.25) is 9.59 Å². The molecule has 0 aromatic heterocycles. The molecule has 0 aromatic carbocycles. The van der Waals surface area contributed by atoms with Gasteiger partial charge in [-0.05, 0) is 19.4 Å². The van der Waals surface area contributed by atoms with Crippen LogP contribution in [0.1, 0.15) is 19.3 Å². The zero-order chi connectivity index (χ0) is 9.68. The zero-order valence-corrected chi connectivity index (χ0v) is 8.10. The standard InChI is InChI=1S/C8H13NO3S/c10-7(11)3-5-13-8(12)6-2-1-4-9-6/h6,9H,1-5H2,(H,10,11). The van der Waals surface area contributed by atoms with E-state index < -0.39 is 5.97 Å². The Bertz CT molecular complexity index is 202. The van der Waals surface area contributed by atoms with Gasteiger partial charge in [0.15, 0.2) is 0 Å². The zero-order valence-electron chi connectivity index (χ0n) is 7.28. The molecule has 1 heterocycles. The Morgan fingerprint density at radius 1 is 1.54 bits per heavy atom. The molecule has 74 valence electrons. The van der Waals surface area contributed by atoms with E-state index in [2.05, 4.69) is 5.32 Å². The Labute approximate surface area is 81.1 Å². The fourth-order valence-corrected chi connectivity index (χ4v) is 2.11. The van der Waals surface area contributed by atoms with E-state index in [1.54, 1.807) is 0 Å². The number of thioether (sulfide) groups is 1. The number of carbonyl (C=O) groups excluding carboxylic acids is 1. The van der Waals surface area contributed by atoms with E-state index in [9.17, 15) is 9.59 Å². The second kappa shape index (κ2) is 5.24. The molecule has 0 amide bonds. The van der Waals surface area contributed by atoms with Gasteiger partial charge in [0.05, 0.1) is 12.5 Å². The number of rotatable bonds is 4. The van der Waals surface area contributed by atoms with E-state index >= 15 is 0 Å². The van der Waals surface area contributed by atoms with Crippen LogP contribution in [0.4, 0.5) is 0 Å². The molecule has 0 spiro atoms. The fraction of sp³-hybridized carbons (Fsp3) is 0.750. The SMILES string of the molecule is O=C(O)CCSC(=O)C1CCCN1. The second-order valence-electron chi connectivity index (χ2n) is 2.96. The van der Waals surface area contributed by atoms with Gasteiger partial charge in [0.2, 0.25) is 5.12 Å².